The predicted molar refractivity (Wildman–Crippen MR) is 113 cm³/mol. The van der Waals surface area contributed by atoms with Crippen molar-refractivity contribution < 1.29 is 10.6 Å². The van der Waals surface area contributed by atoms with Crippen molar-refractivity contribution >= 4 is 12.4 Å². The second kappa shape index (κ2) is 10.8. The summed E-state index contributed by atoms with van der Waals surface area (Å²) in [7, 11) is 0. The zero-order valence-electron chi connectivity index (χ0n) is 16.3. The van der Waals surface area contributed by atoms with Gasteiger partial charge in [-0.1, -0.05) is 42.8 Å². The fraction of sp³-hybridized carbons (Fsp3) is 0.500. The van der Waals surface area contributed by atoms with Crippen LogP contribution in [0.4, 0.5) is 0 Å². The van der Waals surface area contributed by atoms with Gasteiger partial charge in [0.05, 0.1) is 5.69 Å². The number of likely N-dealkylation sites (tertiary alicyclic amines) is 1. The molecule has 0 saturated carbocycles. The van der Waals surface area contributed by atoms with Gasteiger partial charge in [0.25, 0.3) is 0 Å². The summed E-state index contributed by atoms with van der Waals surface area (Å²) in [5.41, 5.74) is 0.638. The SMILES string of the molecule is C[C@@H]1CCC[C@H](C)N1CCC[C@@](O)(c1ccccc1)c1ccccn1.Cl.O. The van der Waals surface area contributed by atoms with Crippen molar-refractivity contribution in [3.63, 3.8) is 0 Å². The van der Waals surface area contributed by atoms with Gasteiger partial charge < -0.3 is 10.6 Å². The monoisotopic (exact) mass is 392 g/mol. The van der Waals surface area contributed by atoms with E-state index in [1.807, 2.05) is 48.5 Å². The number of aromatic nitrogens is 1. The van der Waals surface area contributed by atoms with Crippen LogP contribution in [-0.2, 0) is 5.60 Å². The van der Waals surface area contributed by atoms with E-state index < -0.39 is 5.60 Å². The third-order valence-corrected chi connectivity index (χ3v) is 5.67. The molecule has 4 nitrogen and oxygen atoms in total. The molecular weight excluding hydrogens is 360 g/mol. The van der Waals surface area contributed by atoms with Gasteiger partial charge in [-0.3, -0.25) is 9.88 Å². The molecule has 0 bridgehead atoms. The van der Waals surface area contributed by atoms with Crippen molar-refractivity contribution in [3.8, 4) is 0 Å². The fourth-order valence-electron chi connectivity index (χ4n) is 4.17. The van der Waals surface area contributed by atoms with Crippen LogP contribution in [0.5, 0.6) is 0 Å². The number of pyridine rings is 1. The Balaban J connectivity index is 0.00000182. The van der Waals surface area contributed by atoms with E-state index in [-0.39, 0.29) is 17.9 Å². The molecule has 5 heteroatoms. The molecule has 0 amide bonds. The molecule has 1 aliphatic heterocycles. The van der Waals surface area contributed by atoms with E-state index in [1.54, 1.807) is 6.20 Å². The maximum absolute atomic E-state index is 11.5. The van der Waals surface area contributed by atoms with Gasteiger partial charge >= 0.3 is 0 Å². The number of benzene rings is 1. The molecule has 27 heavy (non-hydrogen) atoms. The Morgan fingerprint density at radius 1 is 1.04 bits per heavy atom. The van der Waals surface area contributed by atoms with Gasteiger partial charge in [-0.05, 0) is 63.8 Å². The van der Waals surface area contributed by atoms with E-state index in [2.05, 4.69) is 23.7 Å². The van der Waals surface area contributed by atoms with Crippen LogP contribution in [0.25, 0.3) is 0 Å². The van der Waals surface area contributed by atoms with Crippen molar-refractivity contribution in [1.29, 1.82) is 0 Å². The molecule has 0 unspecified atom stereocenters. The van der Waals surface area contributed by atoms with Crippen molar-refractivity contribution in [3.05, 3.63) is 66.0 Å². The molecular formula is C22H33ClN2O2. The summed E-state index contributed by atoms with van der Waals surface area (Å²) in [6.07, 6.45) is 7.31. The van der Waals surface area contributed by atoms with Crippen molar-refractivity contribution in [1.82, 2.24) is 9.88 Å². The van der Waals surface area contributed by atoms with Crippen LogP contribution in [0, 0.1) is 0 Å². The van der Waals surface area contributed by atoms with Crippen LogP contribution in [0.3, 0.4) is 0 Å². The van der Waals surface area contributed by atoms with E-state index in [1.165, 1.54) is 19.3 Å². The Labute approximate surface area is 169 Å². The molecule has 2 aromatic rings. The zero-order chi connectivity index (χ0) is 17.7. The van der Waals surface area contributed by atoms with Crippen molar-refractivity contribution in [2.45, 2.75) is 63.6 Å². The molecule has 1 saturated heterocycles. The van der Waals surface area contributed by atoms with Crippen molar-refractivity contribution in [2.75, 3.05) is 6.54 Å². The number of hydrogen-bond donors (Lipinski definition) is 1. The van der Waals surface area contributed by atoms with Crippen LogP contribution in [0.15, 0.2) is 54.7 Å². The third kappa shape index (κ3) is 5.52. The summed E-state index contributed by atoms with van der Waals surface area (Å²) in [4.78, 5) is 7.06. The summed E-state index contributed by atoms with van der Waals surface area (Å²) in [5.74, 6) is 0. The minimum absolute atomic E-state index is 0. The highest BCUT2D eigenvalue weighted by molar-refractivity contribution is 5.85. The number of aliphatic hydroxyl groups is 1. The van der Waals surface area contributed by atoms with Gasteiger partial charge in [-0.15, -0.1) is 12.4 Å². The van der Waals surface area contributed by atoms with Gasteiger partial charge in [-0.25, -0.2) is 0 Å². The number of rotatable bonds is 6. The molecule has 1 fully saturated rings. The Kier molecular flexibility index (Phi) is 9.40. The Morgan fingerprint density at radius 2 is 1.67 bits per heavy atom. The van der Waals surface area contributed by atoms with Crippen LogP contribution in [0.2, 0.25) is 0 Å². The second-order valence-electron chi connectivity index (χ2n) is 7.41. The highest BCUT2D eigenvalue weighted by atomic mass is 35.5. The van der Waals surface area contributed by atoms with E-state index in [0.29, 0.717) is 18.5 Å². The number of piperidine rings is 1. The van der Waals surface area contributed by atoms with Crippen molar-refractivity contribution in [2.24, 2.45) is 0 Å². The van der Waals surface area contributed by atoms with Crippen LogP contribution in [-0.4, -0.2) is 39.1 Å². The standard InChI is InChI=1S/C22H30N2O.ClH.H2O/c1-18-10-8-11-19(2)24(18)17-9-15-22(25,20-12-4-3-5-13-20)21-14-6-7-16-23-21;;/h3-7,12-14,16,18-19,25H,8-11,15,17H2,1-2H3;1H;1H2/t18-,19+,22-;;/m1../s1. The molecule has 3 atom stereocenters. The van der Waals surface area contributed by atoms with E-state index in [0.717, 1.165) is 24.2 Å². The summed E-state index contributed by atoms with van der Waals surface area (Å²) in [6.45, 7) is 5.69. The first-order valence-corrected chi connectivity index (χ1v) is 9.56. The summed E-state index contributed by atoms with van der Waals surface area (Å²) in [5, 5.41) is 11.5. The molecule has 3 N–H and O–H groups in total. The molecule has 1 aromatic heterocycles. The van der Waals surface area contributed by atoms with Gasteiger partial charge in [0.15, 0.2) is 0 Å². The fourth-order valence-corrected chi connectivity index (χ4v) is 4.17. The van der Waals surface area contributed by atoms with E-state index in [4.69, 9.17) is 0 Å². The summed E-state index contributed by atoms with van der Waals surface area (Å²) < 4.78 is 0. The third-order valence-electron chi connectivity index (χ3n) is 5.67. The van der Waals surface area contributed by atoms with E-state index in [9.17, 15) is 5.11 Å². The number of halogens is 1. The molecule has 1 aliphatic rings. The highest BCUT2D eigenvalue weighted by Crippen LogP contribution is 2.33. The minimum atomic E-state index is -1.02. The quantitative estimate of drug-likeness (QED) is 0.808. The lowest BCUT2D eigenvalue weighted by Gasteiger charge is -2.39. The maximum Gasteiger partial charge on any atom is 0.131 e. The lowest BCUT2D eigenvalue weighted by molar-refractivity contribution is 0.0489. The Bertz CT molecular complexity index is 604. The minimum Gasteiger partial charge on any atom is -0.412 e. The predicted octanol–water partition coefficient (Wildman–Crippen LogP) is 3.96. The summed E-state index contributed by atoms with van der Waals surface area (Å²) in [6, 6.07) is 17.0. The highest BCUT2D eigenvalue weighted by Gasteiger charge is 2.33. The summed E-state index contributed by atoms with van der Waals surface area (Å²) >= 11 is 0. The Morgan fingerprint density at radius 3 is 2.26 bits per heavy atom. The number of nitrogens with zero attached hydrogens (tertiary/aromatic N) is 2. The zero-order valence-corrected chi connectivity index (χ0v) is 17.2. The molecule has 150 valence electrons. The van der Waals surface area contributed by atoms with Gasteiger partial charge in [0.2, 0.25) is 0 Å². The molecule has 0 aliphatic carbocycles. The topological polar surface area (TPSA) is 67.9 Å². The molecule has 0 radical (unpaired) electrons. The Hall–Kier alpha value is -1.46. The first-order valence-electron chi connectivity index (χ1n) is 9.56. The van der Waals surface area contributed by atoms with Gasteiger partial charge in [0, 0.05) is 18.3 Å². The molecule has 1 aromatic carbocycles. The largest absolute Gasteiger partial charge is 0.412 e. The van der Waals surface area contributed by atoms with E-state index >= 15 is 0 Å². The maximum atomic E-state index is 11.5. The van der Waals surface area contributed by atoms with Crippen LogP contribution < -0.4 is 0 Å². The van der Waals surface area contributed by atoms with Gasteiger partial charge in [-0.2, -0.15) is 0 Å². The second-order valence-corrected chi connectivity index (χ2v) is 7.41. The van der Waals surface area contributed by atoms with Crippen LogP contribution >= 0.6 is 12.4 Å². The number of hydrogen-bond acceptors (Lipinski definition) is 3. The van der Waals surface area contributed by atoms with Gasteiger partial charge in [0.1, 0.15) is 5.60 Å². The normalized spacial score (nSPS) is 22.2. The molecule has 0 spiro atoms. The average molecular weight is 393 g/mol. The molecule has 3 rings (SSSR count). The molecule has 2 heterocycles. The smallest absolute Gasteiger partial charge is 0.131 e. The lowest BCUT2D eigenvalue weighted by atomic mass is 9.85. The average Bonchev–Trinajstić information content (AvgIpc) is 2.65. The van der Waals surface area contributed by atoms with Crippen LogP contribution in [0.1, 0.15) is 57.2 Å². The lowest BCUT2D eigenvalue weighted by Crippen LogP contribution is -2.44. The first-order chi connectivity index (χ1) is 12.1. The first kappa shape index (κ1) is 23.6.